The maximum atomic E-state index is 5.47. The number of benzene rings is 2. The van der Waals surface area contributed by atoms with Crippen LogP contribution in [0.15, 0.2) is 42.5 Å². The zero-order valence-electron chi connectivity index (χ0n) is 9.49. The average molecular weight is 213 g/mol. The van der Waals surface area contributed by atoms with Crippen molar-refractivity contribution in [1.82, 2.24) is 0 Å². The Bertz CT molecular complexity index is 443. The van der Waals surface area contributed by atoms with Crippen LogP contribution < -0.4 is 0 Å². The van der Waals surface area contributed by atoms with Gasteiger partial charge < -0.3 is 4.74 Å². The van der Waals surface area contributed by atoms with Crippen LogP contribution >= 0.6 is 0 Å². The number of hydrogen-bond donors (Lipinski definition) is 0. The number of ether oxygens (including phenoxy) is 1. The molecular weight excluding hydrogens is 196 g/mol. The van der Waals surface area contributed by atoms with Crippen LogP contribution in [0, 0.1) is 6.92 Å². The first-order valence-corrected chi connectivity index (χ1v) is 5.75. The van der Waals surface area contributed by atoms with E-state index in [1.54, 1.807) is 0 Å². The third-order valence-electron chi connectivity index (χ3n) is 2.68. The first-order chi connectivity index (χ1) is 7.92. The molecule has 16 heavy (non-hydrogen) atoms. The maximum Gasteiger partial charge on any atom is 0.0506 e. The minimum atomic E-state index is 0.755. The third-order valence-corrected chi connectivity index (χ3v) is 2.68. The van der Waals surface area contributed by atoms with Crippen molar-refractivity contribution in [1.29, 1.82) is 0 Å². The first-order valence-electron chi connectivity index (χ1n) is 5.75. The van der Waals surface area contributed by atoms with E-state index in [1.807, 2.05) is 0 Å². The summed E-state index contributed by atoms with van der Waals surface area (Å²) in [5.41, 5.74) is 1.36. The molecule has 0 saturated carbocycles. The molecule has 0 unspecified atom stereocenters. The van der Waals surface area contributed by atoms with Crippen LogP contribution in [0.2, 0.25) is 0 Å². The molecule has 0 fully saturated rings. The summed E-state index contributed by atoms with van der Waals surface area (Å²) in [5, 5.41) is 2.64. The van der Waals surface area contributed by atoms with E-state index in [1.165, 1.54) is 16.3 Å². The van der Waals surface area contributed by atoms with E-state index in [4.69, 9.17) is 4.74 Å². The van der Waals surface area contributed by atoms with E-state index >= 15 is 0 Å². The van der Waals surface area contributed by atoms with Gasteiger partial charge in [-0.1, -0.05) is 49.4 Å². The Labute approximate surface area is 97.1 Å². The Kier molecular flexibility index (Phi) is 3.95. The topological polar surface area (TPSA) is 9.23 Å². The van der Waals surface area contributed by atoms with Crippen LogP contribution in [0.5, 0.6) is 0 Å². The van der Waals surface area contributed by atoms with Crippen LogP contribution in [-0.2, 0) is 11.2 Å². The van der Waals surface area contributed by atoms with Crippen LogP contribution in [0.1, 0.15) is 12.0 Å². The zero-order valence-corrected chi connectivity index (χ0v) is 9.49. The summed E-state index contributed by atoms with van der Waals surface area (Å²) in [6, 6.07) is 14.9. The van der Waals surface area contributed by atoms with Crippen LogP contribution in [-0.4, -0.2) is 13.2 Å². The minimum Gasteiger partial charge on any atom is -0.381 e. The second-order valence-electron chi connectivity index (χ2n) is 3.85. The van der Waals surface area contributed by atoms with Crippen LogP contribution in [0.3, 0.4) is 0 Å². The van der Waals surface area contributed by atoms with Gasteiger partial charge in [0, 0.05) is 6.61 Å². The maximum absolute atomic E-state index is 5.47. The van der Waals surface area contributed by atoms with Gasteiger partial charge in [-0.15, -0.1) is 0 Å². The second kappa shape index (κ2) is 5.66. The predicted octanol–water partition coefficient (Wildman–Crippen LogP) is 3.62. The van der Waals surface area contributed by atoms with Gasteiger partial charge in [0.25, 0.3) is 0 Å². The summed E-state index contributed by atoms with van der Waals surface area (Å²) < 4.78 is 5.47. The van der Waals surface area contributed by atoms with Gasteiger partial charge in [0.1, 0.15) is 0 Å². The SMILES string of the molecule is [CH2]CCOCCc1cccc2ccccc12. The molecule has 0 amide bonds. The highest BCUT2D eigenvalue weighted by Crippen LogP contribution is 2.18. The molecule has 0 saturated heterocycles. The number of hydrogen-bond acceptors (Lipinski definition) is 1. The summed E-state index contributed by atoms with van der Waals surface area (Å²) in [5.74, 6) is 0. The fourth-order valence-electron chi connectivity index (χ4n) is 1.90. The highest BCUT2D eigenvalue weighted by atomic mass is 16.5. The lowest BCUT2D eigenvalue weighted by Gasteiger charge is -2.06. The van der Waals surface area contributed by atoms with Gasteiger partial charge in [0.15, 0.2) is 0 Å². The normalized spacial score (nSPS) is 10.8. The molecule has 0 aromatic heterocycles. The molecule has 0 spiro atoms. The van der Waals surface area contributed by atoms with Crippen LogP contribution in [0.4, 0.5) is 0 Å². The Morgan fingerprint density at radius 3 is 2.62 bits per heavy atom. The smallest absolute Gasteiger partial charge is 0.0506 e. The fourth-order valence-corrected chi connectivity index (χ4v) is 1.90. The molecule has 0 N–H and O–H groups in total. The van der Waals surface area contributed by atoms with Gasteiger partial charge in [-0.25, -0.2) is 0 Å². The van der Waals surface area contributed by atoms with Crippen molar-refractivity contribution >= 4 is 10.8 Å². The molecule has 0 aliphatic rings. The molecule has 0 bridgehead atoms. The highest BCUT2D eigenvalue weighted by molar-refractivity contribution is 5.85. The predicted molar refractivity (Wildman–Crippen MR) is 68.4 cm³/mol. The summed E-state index contributed by atoms with van der Waals surface area (Å²) in [6.45, 7) is 5.29. The average Bonchev–Trinajstić information content (AvgIpc) is 2.35. The standard InChI is InChI=1S/C15H17O/c1-2-11-16-12-10-14-8-5-7-13-6-3-4-9-15(13)14/h3-9H,1-2,10-12H2. The molecule has 0 aliphatic carbocycles. The van der Waals surface area contributed by atoms with Gasteiger partial charge >= 0.3 is 0 Å². The zero-order chi connectivity index (χ0) is 11.2. The van der Waals surface area contributed by atoms with E-state index in [9.17, 15) is 0 Å². The van der Waals surface area contributed by atoms with Crippen molar-refractivity contribution in [3.05, 3.63) is 55.0 Å². The largest absolute Gasteiger partial charge is 0.381 e. The number of fused-ring (bicyclic) bond motifs is 1. The van der Waals surface area contributed by atoms with Gasteiger partial charge in [0.05, 0.1) is 6.61 Å². The Balaban J connectivity index is 2.11. The van der Waals surface area contributed by atoms with Crippen LogP contribution in [0.25, 0.3) is 10.8 Å². The molecule has 1 heteroatoms. The Hall–Kier alpha value is -1.34. The molecular formula is C15H17O. The lowest BCUT2D eigenvalue weighted by molar-refractivity contribution is 0.141. The van der Waals surface area contributed by atoms with Gasteiger partial charge in [0.2, 0.25) is 0 Å². The molecule has 0 aliphatic heterocycles. The van der Waals surface area contributed by atoms with Crippen molar-refractivity contribution in [3.63, 3.8) is 0 Å². The van der Waals surface area contributed by atoms with Crippen molar-refractivity contribution in [2.24, 2.45) is 0 Å². The van der Waals surface area contributed by atoms with Gasteiger partial charge in [-0.3, -0.25) is 0 Å². The summed E-state index contributed by atoms with van der Waals surface area (Å²) in [4.78, 5) is 0. The highest BCUT2D eigenvalue weighted by Gasteiger charge is 1.99. The molecule has 0 heterocycles. The molecule has 1 nitrogen and oxygen atoms in total. The Morgan fingerprint density at radius 1 is 0.938 bits per heavy atom. The summed E-state index contributed by atoms with van der Waals surface area (Å²) in [6.07, 6.45) is 1.82. The second-order valence-corrected chi connectivity index (χ2v) is 3.85. The Morgan fingerprint density at radius 2 is 1.75 bits per heavy atom. The molecule has 1 radical (unpaired) electrons. The fraction of sp³-hybridized carbons (Fsp3) is 0.267. The quantitative estimate of drug-likeness (QED) is 0.689. The monoisotopic (exact) mass is 213 g/mol. The van der Waals surface area contributed by atoms with E-state index < -0.39 is 0 Å². The number of rotatable bonds is 5. The minimum absolute atomic E-state index is 0.755. The lowest BCUT2D eigenvalue weighted by atomic mass is 10.0. The van der Waals surface area contributed by atoms with Crippen molar-refractivity contribution in [2.45, 2.75) is 12.8 Å². The van der Waals surface area contributed by atoms with E-state index in [0.717, 1.165) is 26.1 Å². The van der Waals surface area contributed by atoms with E-state index in [2.05, 4.69) is 49.4 Å². The van der Waals surface area contributed by atoms with E-state index in [-0.39, 0.29) is 0 Å². The van der Waals surface area contributed by atoms with Gasteiger partial charge in [-0.2, -0.15) is 0 Å². The van der Waals surface area contributed by atoms with Crippen molar-refractivity contribution < 1.29 is 4.74 Å². The van der Waals surface area contributed by atoms with Crippen molar-refractivity contribution in [2.75, 3.05) is 13.2 Å². The molecule has 2 aromatic carbocycles. The van der Waals surface area contributed by atoms with Crippen molar-refractivity contribution in [3.8, 4) is 0 Å². The summed E-state index contributed by atoms with van der Waals surface area (Å²) in [7, 11) is 0. The van der Waals surface area contributed by atoms with E-state index in [0.29, 0.717) is 0 Å². The molecule has 2 aromatic rings. The lowest BCUT2D eigenvalue weighted by Crippen LogP contribution is -1.99. The molecule has 2 rings (SSSR count). The first kappa shape index (κ1) is 11.2. The van der Waals surface area contributed by atoms with Gasteiger partial charge in [-0.05, 0) is 29.2 Å². The third kappa shape index (κ3) is 2.61. The summed E-state index contributed by atoms with van der Waals surface area (Å²) >= 11 is 0. The molecule has 83 valence electrons. The molecule has 0 atom stereocenters.